The molecule has 0 atom stereocenters. The van der Waals surface area contributed by atoms with Crippen molar-refractivity contribution in [2.75, 3.05) is 14.1 Å². The largest absolute Gasteiger partial charge is 0.415 e. The quantitative estimate of drug-likeness (QED) is 0.490. The standard InChI is InChI=1S/C21H19N5OS/c1-13-19(21-25-24-20(27-21)17-9-10-28-12-17)23-18(11-22-13)16-7-5-15(6-8-16)14(2)26(3)4/h5-12H,2H2,1,3-4H3. The lowest BCUT2D eigenvalue weighted by Crippen LogP contribution is -2.08. The van der Waals surface area contributed by atoms with Gasteiger partial charge in [-0.1, -0.05) is 30.8 Å². The maximum absolute atomic E-state index is 5.83. The predicted molar refractivity (Wildman–Crippen MR) is 112 cm³/mol. The molecule has 0 radical (unpaired) electrons. The van der Waals surface area contributed by atoms with Crippen LogP contribution in [-0.2, 0) is 0 Å². The third kappa shape index (κ3) is 3.44. The molecule has 6 nitrogen and oxygen atoms in total. The second kappa shape index (κ2) is 7.36. The molecule has 0 saturated heterocycles. The van der Waals surface area contributed by atoms with Crippen molar-refractivity contribution in [2.45, 2.75) is 6.92 Å². The van der Waals surface area contributed by atoms with Gasteiger partial charge in [-0.15, -0.1) is 10.2 Å². The molecule has 0 aliphatic heterocycles. The summed E-state index contributed by atoms with van der Waals surface area (Å²) in [4.78, 5) is 11.2. The van der Waals surface area contributed by atoms with Crippen LogP contribution in [0.3, 0.4) is 0 Å². The minimum Gasteiger partial charge on any atom is -0.415 e. The number of aryl methyl sites for hydroxylation is 1. The van der Waals surface area contributed by atoms with Crippen LogP contribution in [-0.4, -0.2) is 39.2 Å². The second-order valence-electron chi connectivity index (χ2n) is 6.53. The Morgan fingerprint density at radius 2 is 1.79 bits per heavy atom. The first kappa shape index (κ1) is 18.1. The van der Waals surface area contributed by atoms with Crippen LogP contribution in [0.25, 0.3) is 40.0 Å². The molecule has 0 spiro atoms. The molecule has 0 amide bonds. The predicted octanol–water partition coefficient (Wildman–Crippen LogP) is 4.76. The zero-order valence-corrected chi connectivity index (χ0v) is 16.7. The van der Waals surface area contributed by atoms with Crippen molar-refractivity contribution >= 4 is 17.0 Å². The first-order chi connectivity index (χ1) is 13.5. The fourth-order valence-corrected chi connectivity index (χ4v) is 3.33. The Bertz CT molecular complexity index is 1110. The summed E-state index contributed by atoms with van der Waals surface area (Å²) in [5, 5.41) is 12.2. The highest BCUT2D eigenvalue weighted by Crippen LogP contribution is 2.28. The number of nitrogens with zero attached hydrogens (tertiary/aromatic N) is 5. The van der Waals surface area contributed by atoms with Crippen molar-refractivity contribution in [1.29, 1.82) is 0 Å². The number of hydrogen-bond donors (Lipinski definition) is 0. The van der Waals surface area contributed by atoms with Crippen LogP contribution in [0.2, 0.25) is 0 Å². The van der Waals surface area contributed by atoms with Crippen molar-refractivity contribution < 1.29 is 4.42 Å². The summed E-state index contributed by atoms with van der Waals surface area (Å²) in [6, 6.07) is 10.0. The van der Waals surface area contributed by atoms with E-state index in [2.05, 4.69) is 21.8 Å². The number of benzene rings is 1. The first-order valence-electron chi connectivity index (χ1n) is 8.70. The van der Waals surface area contributed by atoms with E-state index in [-0.39, 0.29) is 0 Å². The highest BCUT2D eigenvalue weighted by Gasteiger charge is 2.16. The zero-order valence-electron chi connectivity index (χ0n) is 15.9. The molecule has 0 aliphatic carbocycles. The van der Waals surface area contributed by atoms with Gasteiger partial charge in [0.15, 0.2) is 0 Å². The molecule has 140 valence electrons. The lowest BCUT2D eigenvalue weighted by Gasteiger charge is -2.16. The van der Waals surface area contributed by atoms with Crippen molar-refractivity contribution in [3.63, 3.8) is 0 Å². The Labute approximate surface area is 167 Å². The third-order valence-corrected chi connectivity index (χ3v) is 5.09. The molecule has 4 rings (SSSR count). The minimum absolute atomic E-state index is 0.366. The van der Waals surface area contributed by atoms with Crippen molar-refractivity contribution in [3.8, 4) is 34.3 Å². The molecule has 0 saturated carbocycles. The number of aromatic nitrogens is 4. The van der Waals surface area contributed by atoms with Gasteiger partial charge in [-0.05, 0) is 23.9 Å². The van der Waals surface area contributed by atoms with E-state index in [1.165, 1.54) is 0 Å². The summed E-state index contributed by atoms with van der Waals surface area (Å²) in [6.45, 7) is 5.97. The SMILES string of the molecule is C=C(c1ccc(-c2cnc(C)c(-c3nnc(-c4ccsc4)o3)n2)cc1)N(C)C. The van der Waals surface area contributed by atoms with Gasteiger partial charge in [0.1, 0.15) is 5.69 Å². The Morgan fingerprint density at radius 3 is 2.46 bits per heavy atom. The molecule has 4 aromatic rings. The molecular weight excluding hydrogens is 370 g/mol. The fourth-order valence-electron chi connectivity index (χ4n) is 2.70. The van der Waals surface area contributed by atoms with Crippen LogP contribution in [0.5, 0.6) is 0 Å². The van der Waals surface area contributed by atoms with E-state index >= 15 is 0 Å². The van der Waals surface area contributed by atoms with Crippen molar-refractivity contribution in [1.82, 2.24) is 25.1 Å². The maximum atomic E-state index is 5.83. The van der Waals surface area contributed by atoms with Gasteiger partial charge in [0.25, 0.3) is 5.89 Å². The van der Waals surface area contributed by atoms with Crippen LogP contribution >= 0.6 is 11.3 Å². The van der Waals surface area contributed by atoms with Gasteiger partial charge < -0.3 is 9.32 Å². The fraction of sp³-hybridized carbons (Fsp3) is 0.143. The Balaban J connectivity index is 1.67. The molecule has 28 heavy (non-hydrogen) atoms. The monoisotopic (exact) mass is 389 g/mol. The van der Waals surface area contributed by atoms with Crippen LogP contribution < -0.4 is 0 Å². The van der Waals surface area contributed by atoms with Gasteiger partial charge in [-0.2, -0.15) is 11.3 Å². The number of thiophene rings is 1. The molecule has 1 aromatic carbocycles. The third-order valence-electron chi connectivity index (χ3n) is 4.40. The van der Waals surface area contributed by atoms with E-state index in [1.807, 2.05) is 67.0 Å². The van der Waals surface area contributed by atoms with Gasteiger partial charge in [0.2, 0.25) is 5.89 Å². The topological polar surface area (TPSA) is 67.9 Å². The van der Waals surface area contributed by atoms with Gasteiger partial charge >= 0.3 is 0 Å². The number of hydrogen-bond acceptors (Lipinski definition) is 7. The molecule has 0 bridgehead atoms. The molecule has 3 heterocycles. The lowest BCUT2D eigenvalue weighted by atomic mass is 10.1. The lowest BCUT2D eigenvalue weighted by molar-refractivity contribution is 0.581. The summed E-state index contributed by atoms with van der Waals surface area (Å²) in [7, 11) is 3.95. The van der Waals surface area contributed by atoms with Gasteiger partial charge in [-0.3, -0.25) is 4.98 Å². The summed E-state index contributed by atoms with van der Waals surface area (Å²) in [5.41, 5.74) is 5.96. The molecule has 3 aromatic heterocycles. The Hall–Kier alpha value is -3.32. The maximum Gasteiger partial charge on any atom is 0.268 e. The zero-order chi connectivity index (χ0) is 19.7. The van der Waals surface area contributed by atoms with E-state index in [0.29, 0.717) is 17.5 Å². The minimum atomic E-state index is 0.366. The van der Waals surface area contributed by atoms with Crippen molar-refractivity contribution in [3.05, 3.63) is 65.1 Å². The number of rotatable bonds is 5. The van der Waals surface area contributed by atoms with Crippen LogP contribution in [0.15, 0.2) is 58.3 Å². The molecule has 0 N–H and O–H groups in total. The molecule has 7 heteroatoms. The van der Waals surface area contributed by atoms with E-state index in [9.17, 15) is 0 Å². The summed E-state index contributed by atoms with van der Waals surface area (Å²) < 4.78 is 5.83. The van der Waals surface area contributed by atoms with E-state index in [4.69, 9.17) is 9.40 Å². The summed E-state index contributed by atoms with van der Waals surface area (Å²) in [5.74, 6) is 0.847. The molecule has 0 unspecified atom stereocenters. The van der Waals surface area contributed by atoms with E-state index < -0.39 is 0 Å². The second-order valence-corrected chi connectivity index (χ2v) is 7.31. The van der Waals surface area contributed by atoms with E-state index in [1.54, 1.807) is 17.5 Å². The van der Waals surface area contributed by atoms with E-state index in [0.717, 1.165) is 33.8 Å². The van der Waals surface area contributed by atoms with Gasteiger partial charge in [-0.25, -0.2) is 4.98 Å². The van der Waals surface area contributed by atoms with Crippen LogP contribution in [0, 0.1) is 6.92 Å². The average Bonchev–Trinajstić information content (AvgIpc) is 3.39. The average molecular weight is 389 g/mol. The summed E-state index contributed by atoms with van der Waals surface area (Å²) in [6.07, 6.45) is 1.75. The molecular formula is C21H19N5OS. The Morgan fingerprint density at radius 1 is 1.04 bits per heavy atom. The highest BCUT2D eigenvalue weighted by molar-refractivity contribution is 7.08. The smallest absolute Gasteiger partial charge is 0.268 e. The van der Waals surface area contributed by atoms with Crippen LogP contribution in [0.4, 0.5) is 0 Å². The molecule has 0 fully saturated rings. The Kier molecular flexibility index (Phi) is 4.75. The normalized spacial score (nSPS) is 10.8. The summed E-state index contributed by atoms with van der Waals surface area (Å²) >= 11 is 1.58. The van der Waals surface area contributed by atoms with Crippen LogP contribution in [0.1, 0.15) is 11.3 Å². The van der Waals surface area contributed by atoms with Gasteiger partial charge in [0.05, 0.1) is 17.6 Å². The molecule has 0 aliphatic rings. The van der Waals surface area contributed by atoms with Gasteiger partial charge in [0, 0.05) is 36.3 Å². The first-order valence-corrected chi connectivity index (χ1v) is 9.64. The highest BCUT2D eigenvalue weighted by atomic mass is 32.1. The van der Waals surface area contributed by atoms with Crippen molar-refractivity contribution in [2.24, 2.45) is 0 Å².